The van der Waals surface area contributed by atoms with Gasteiger partial charge in [0.2, 0.25) is 0 Å². The number of aryl methyl sites for hydroxylation is 1. The van der Waals surface area contributed by atoms with Crippen molar-refractivity contribution in [2.75, 3.05) is 19.0 Å². The number of hydrogen-bond donors (Lipinski definition) is 1. The maximum atomic E-state index is 12.1. The van der Waals surface area contributed by atoms with Crippen molar-refractivity contribution in [1.29, 1.82) is 0 Å². The molecule has 8 nitrogen and oxygen atoms in total. The second-order valence-corrected chi connectivity index (χ2v) is 6.95. The maximum absolute atomic E-state index is 12.1. The topological polar surface area (TPSA) is 104 Å². The minimum absolute atomic E-state index is 0.0995. The van der Waals surface area contributed by atoms with Crippen molar-refractivity contribution < 1.29 is 19.2 Å². The van der Waals surface area contributed by atoms with Crippen molar-refractivity contribution in [3.05, 3.63) is 63.5 Å². The molecule has 0 saturated heterocycles. The molecular formula is C19H17N3O5S. The Morgan fingerprint density at radius 1 is 1.21 bits per heavy atom. The lowest BCUT2D eigenvalue weighted by atomic mass is 10.1. The third kappa shape index (κ3) is 4.63. The van der Waals surface area contributed by atoms with Gasteiger partial charge in [0, 0.05) is 16.5 Å². The molecule has 3 rings (SSSR count). The van der Waals surface area contributed by atoms with Gasteiger partial charge in [0.05, 0.1) is 23.8 Å². The van der Waals surface area contributed by atoms with Gasteiger partial charge in [-0.25, -0.2) is 4.98 Å². The van der Waals surface area contributed by atoms with Crippen LogP contribution in [0.1, 0.15) is 4.88 Å². The predicted octanol–water partition coefficient (Wildman–Crippen LogP) is 4.05. The standard InChI is InChI=1S/C19H17N3O5S/c1-12-18(13-6-8-15(26-2)9-7-13)21-19(28-12)20-17(23)11-27-16-5-3-4-14(10-16)22(24)25/h3-10H,11H2,1-2H3,(H,20,21,23). The molecule has 2 aromatic carbocycles. The van der Waals surface area contributed by atoms with E-state index in [1.807, 2.05) is 31.2 Å². The Bertz CT molecular complexity index is 1000. The van der Waals surface area contributed by atoms with Gasteiger partial charge in [0.15, 0.2) is 11.7 Å². The first-order valence-corrected chi connectivity index (χ1v) is 9.07. The largest absolute Gasteiger partial charge is 0.497 e. The Labute approximate surface area is 164 Å². The van der Waals surface area contributed by atoms with Gasteiger partial charge in [-0.1, -0.05) is 6.07 Å². The number of carbonyl (C=O) groups is 1. The summed E-state index contributed by atoms with van der Waals surface area (Å²) in [4.78, 5) is 27.8. The van der Waals surface area contributed by atoms with E-state index in [9.17, 15) is 14.9 Å². The summed E-state index contributed by atoms with van der Waals surface area (Å²) < 4.78 is 10.5. The van der Waals surface area contributed by atoms with Gasteiger partial charge in [-0.05, 0) is 37.3 Å². The van der Waals surface area contributed by atoms with Crippen LogP contribution in [-0.4, -0.2) is 29.5 Å². The minimum Gasteiger partial charge on any atom is -0.497 e. The number of nitro groups is 1. The van der Waals surface area contributed by atoms with Crippen LogP contribution in [0.5, 0.6) is 11.5 Å². The zero-order valence-electron chi connectivity index (χ0n) is 15.2. The molecule has 3 aromatic rings. The monoisotopic (exact) mass is 399 g/mol. The van der Waals surface area contributed by atoms with E-state index in [2.05, 4.69) is 10.3 Å². The number of carbonyl (C=O) groups excluding carboxylic acids is 1. The molecule has 1 N–H and O–H groups in total. The molecule has 0 aliphatic heterocycles. The number of nitrogens with one attached hydrogen (secondary N) is 1. The summed E-state index contributed by atoms with van der Waals surface area (Å²) in [6.45, 7) is 1.64. The number of benzene rings is 2. The van der Waals surface area contributed by atoms with Crippen LogP contribution >= 0.6 is 11.3 Å². The summed E-state index contributed by atoms with van der Waals surface area (Å²) in [6.07, 6.45) is 0. The highest BCUT2D eigenvalue weighted by molar-refractivity contribution is 7.16. The molecule has 144 valence electrons. The predicted molar refractivity (Wildman–Crippen MR) is 106 cm³/mol. The minimum atomic E-state index is -0.522. The SMILES string of the molecule is COc1ccc(-c2nc(NC(=O)COc3cccc([N+](=O)[O-])c3)sc2C)cc1. The second-order valence-electron chi connectivity index (χ2n) is 5.74. The van der Waals surface area contributed by atoms with Crippen molar-refractivity contribution in [3.8, 4) is 22.8 Å². The fraction of sp³-hybridized carbons (Fsp3) is 0.158. The fourth-order valence-corrected chi connectivity index (χ4v) is 3.31. The third-order valence-corrected chi connectivity index (χ3v) is 4.69. The maximum Gasteiger partial charge on any atom is 0.273 e. The van der Waals surface area contributed by atoms with Crippen molar-refractivity contribution in [1.82, 2.24) is 4.98 Å². The molecule has 0 aliphatic rings. The number of nitro benzene ring substituents is 1. The van der Waals surface area contributed by atoms with Gasteiger partial charge in [-0.3, -0.25) is 20.2 Å². The molecule has 0 bridgehead atoms. The van der Waals surface area contributed by atoms with Crippen molar-refractivity contribution in [3.63, 3.8) is 0 Å². The van der Waals surface area contributed by atoms with Gasteiger partial charge in [-0.2, -0.15) is 0 Å². The highest BCUT2D eigenvalue weighted by Crippen LogP contribution is 2.31. The number of nitrogens with zero attached hydrogens (tertiary/aromatic N) is 2. The number of ether oxygens (including phenoxy) is 2. The molecule has 0 radical (unpaired) electrons. The fourth-order valence-electron chi connectivity index (χ4n) is 2.46. The van der Waals surface area contributed by atoms with E-state index in [-0.39, 0.29) is 18.0 Å². The van der Waals surface area contributed by atoms with Crippen LogP contribution in [0.25, 0.3) is 11.3 Å². The molecule has 9 heteroatoms. The van der Waals surface area contributed by atoms with E-state index in [0.29, 0.717) is 5.13 Å². The number of hydrogen-bond acceptors (Lipinski definition) is 7. The smallest absolute Gasteiger partial charge is 0.273 e. The van der Waals surface area contributed by atoms with E-state index in [0.717, 1.165) is 21.9 Å². The van der Waals surface area contributed by atoms with Crippen LogP contribution in [0.2, 0.25) is 0 Å². The lowest BCUT2D eigenvalue weighted by Crippen LogP contribution is -2.20. The van der Waals surface area contributed by atoms with Crippen LogP contribution in [0.3, 0.4) is 0 Å². The van der Waals surface area contributed by atoms with Gasteiger partial charge in [0.1, 0.15) is 11.5 Å². The molecule has 0 spiro atoms. The highest BCUT2D eigenvalue weighted by atomic mass is 32.1. The number of non-ortho nitro benzene ring substituents is 1. The molecule has 1 aromatic heterocycles. The average Bonchev–Trinajstić information content (AvgIpc) is 3.06. The molecular weight excluding hydrogens is 382 g/mol. The summed E-state index contributed by atoms with van der Waals surface area (Å²) >= 11 is 1.36. The number of methoxy groups -OCH3 is 1. The summed E-state index contributed by atoms with van der Waals surface area (Å²) in [5, 5.41) is 13.9. The molecule has 0 saturated carbocycles. The number of rotatable bonds is 7. The number of amides is 1. The summed E-state index contributed by atoms with van der Waals surface area (Å²) in [5.41, 5.74) is 1.60. The first-order chi connectivity index (χ1) is 13.5. The molecule has 1 amide bonds. The Kier molecular flexibility index (Phi) is 5.85. The van der Waals surface area contributed by atoms with Gasteiger partial charge in [0.25, 0.3) is 11.6 Å². The summed E-state index contributed by atoms with van der Waals surface area (Å²) in [5.74, 6) is 0.601. The van der Waals surface area contributed by atoms with E-state index in [4.69, 9.17) is 9.47 Å². The molecule has 0 atom stereocenters. The molecule has 0 aliphatic carbocycles. The summed E-state index contributed by atoms with van der Waals surface area (Å²) in [6, 6.07) is 13.2. The van der Waals surface area contributed by atoms with E-state index >= 15 is 0 Å². The third-order valence-electron chi connectivity index (χ3n) is 3.80. The summed E-state index contributed by atoms with van der Waals surface area (Å²) in [7, 11) is 1.60. The van der Waals surface area contributed by atoms with Crippen molar-refractivity contribution in [2.24, 2.45) is 0 Å². The van der Waals surface area contributed by atoms with Crippen molar-refractivity contribution in [2.45, 2.75) is 6.92 Å². The second kappa shape index (κ2) is 8.49. The number of thiazole rings is 1. The number of anilines is 1. The Morgan fingerprint density at radius 3 is 2.64 bits per heavy atom. The quantitative estimate of drug-likeness (QED) is 0.475. The normalized spacial score (nSPS) is 10.4. The molecule has 1 heterocycles. The van der Waals surface area contributed by atoms with Crippen LogP contribution in [0, 0.1) is 17.0 Å². The zero-order chi connectivity index (χ0) is 20.1. The first kappa shape index (κ1) is 19.3. The van der Waals surface area contributed by atoms with Crippen LogP contribution < -0.4 is 14.8 Å². The average molecular weight is 399 g/mol. The lowest BCUT2D eigenvalue weighted by Gasteiger charge is -2.05. The highest BCUT2D eigenvalue weighted by Gasteiger charge is 2.13. The Morgan fingerprint density at radius 2 is 1.96 bits per heavy atom. The Balaban J connectivity index is 1.63. The van der Waals surface area contributed by atoms with Gasteiger partial charge < -0.3 is 9.47 Å². The van der Waals surface area contributed by atoms with Crippen LogP contribution in [-0.2, 0) is 4.79 Å². The molecule has 0 fully saturated rings. The molecule has 0 unspecified atom stereocenters. The number of aromatic nitrogens is 1. The van der Waals surface area contributed by atoms with Gasteiger partial charge in [-0.15, -0.1) is 11.3 Å². The first-order valence-electron chi connectivity index (χ1n) is 8.25. The van der Waals surface area contributed by atoms with Crippen LogP contribution in [0.4, 0.5) is 10.8 Å². The van der Waals surface area contributed by atoms with E-state index in [1.165, 1.54) is 29.5 Å². The van der Waals surface area contributed by atoms with Crippen LogP contribution in [0.15, 0.2) is 48.5 Å². The van der Waals surface area contributed by atoms with Crippen molar-refractivity contribution >= 4 is 28.1 Å². The zero-order valence-corrected chi connectivity index (χ0v) is 16.0. The van der Waals surface area contributed by atoms with Gasteiger partial charge >= 0.3 is 0 Å². The molecule has 28 heavy (non-hydrogen) atoms. The van der Waals surface area contributed by atoms with E-state index < -0.39 is 10.8 Å². The Hall–Kier alpha value is -3.46. The lowest BCUT2D eigenvalue weighted by molar-refractivity contribution is -0.384. The van der Waals surface area contributed by atoms with E-state index in [1.54, 1.807) is 13.2 Å².